The van der Waals surface area contributed by atoms with Crippen LogP contribution in [-0.4, -0.2) is 76.5 Å². The van der Waals surface area contributed by atoms with Crippen LogP contribution in [0, 0.1) is 22.5 Å². The molecule has 8 nitrogen and oxygen atoms in total. The minimum atomic E-state index is -0.619. The molecule has 4 atom stereocenters. The average molecular weight is 657 g/mol. The van der Waals surface area contributed by atoms with Crippen LogP contribution in [0.2, 0.25) is 0 Å². The molecule has 10 heteroatoms. The van der Waals surface area contributed by atoms with Crippen LogP contribution in [0.25, 0.3) is 0 Å². The zero-order valence-corrected chi connectivity index (χ0v) is 30.0. The van der Waals surface area contributed by atoms with Crippen molar-refractivity contribution in [1.29, 1.82) is 0 Å². The van der Waals surface area contributed by atoms with Crippen molar-refractivity contribution in [2.75, 3.05) is 26.2 Å². The van der Waals surface area contributed by atoms with E-state index in [2.05, 4.69) is 12.2 Å². The number of rotatable bonds is 2. The summed E-state index contributed by atoms with van der Waals surface area (Å²) < 4.78 is 32.0. The predicted molar refractivity (Wildman–Crippen MR) is 180 cm³/mol. The average Bonchev–Trinajstić information content (AvgIpc) is 2.96. The van der Waals surface area contributed by atoms with Crippen molar-refractivity contribution < 1.29 is 27.9 Å². The first-order valence-electron chi connectivity index (χ1n) is 16.4. The van der Waals surface area contributed by atoms with E-state index in [4.69, 9.17) is 4.74 Å². The standard InChI is InChI=1S/C21H31FN2O3.C16H23FN2O/c1-14-12-24(19(26)27-21(5,6)7)17(15-8-10-16(22)11-9-15)13-23(14)18(25)20(2,3)4;1-11-9-18-14(12-5-7-13(17)8-6-12)10-19(11)15(20)16(2,3)4/h8-11,14,17H,12-13H2,1-7H3;5-8,11,14,18H,9-10H2,1-4H3/t14-,17-;11-,14-/m11/s1. The van der Waals surface area contributed by atoms with Crippen LogP contribution in [0.4, 0.5) is 13.6 Å². The van der Waals surface area contributed by atoms with Crippen molar-refractivity contribution in [3.63, 3.8) is 0 Å². The van der Waals surface area contributed by atoms with Gasteiger partial charge in [0.2, 0.25) is 11.8 Å². The van der Waals surface area contributed by atoms with Gasteiger partial charge in [0.1, 0.15) is 17.2 Å². The van der Waals surface area contributed by atoms with Crippen molar-refractivity contribution in [3.8, 4) is 0 Å². The topological polar surface area (TPSA) is 82.2 Å². The molecule has 2 aromatic carbocycles. The van der Waals surface area contributed by atoms with E-state index in [9.17, 15) is 23.2 Å². The van der Waals surface area contributed by atoms with Gasteiger partial charge in [0.15, 0.2) is 0 Å². The number of ether oxygens (including phenoxy) is 1. The molecule has 0 bridgehead atoms. The molecule has 0 unspecified atom stereocenters. The Balaban J connectivity index is 0.000000267. The van der Waals surface area contributed by atoms with Crippen molar-refractivity contribution in [3.05, 3.63) is 71.3 Å². The highest BCUT2D eigenvalue weighted by Gasteiger charge is 2.41. The fourth-order valence-electron chi connectivity index (χ4n) is 5.68. The van der Waals surface area contributed by atoms with Gasteiger partial charge in [0.05, 0.1) is 6.04 Å². The summed E-state index contributed by atoms with van der Waals surface area (Å²) in [5, 5.41) is 3.42. The molecule has 3 amide bonds. The van der Waals surface area contributed by atoms with Gasteiger partial charge in [-0.15, -0.1) is 0 Å². The Hall–Kier alpha value is -3.53. The number of hydrogen-bond acceptors (Lipinski definition) is 5. The van der Waals surface area contributed by atoms with Crippen molar-refractivity contribution in [2.24, 2.45) is 10.8 Å². The minimum Gasteiger partial charge on any atom is -0.444 e. The summed E-state index contributed by atoms with van der Waals surface area (Å²) in [4.78, 5) is 43.6. The molecule has 0 radical (unpaired) electrons. The van der Waals surface area contributed by atoms with Crippen LogP contribution >= 0.6 is 0 Å². The lowest BCUT2D eigenvalue weighted by Gasteiger charge is -2.47. The van der Waals surface area contributed by atoms with Gasteiger partial charge in [0, 0.05) is 55.1 Å². The molecule has 260 valence electrons. The molecular weight excluding hydrogens is 602 g/mol. The molecule has 2 heterocycles. The molecule has 2 saturated heterocycles. The number of halogens is 2. The number of piperazine rings is 2. The minimum absolute atomic E-state index is 0.0333. The van der Waals surface area contributed by atoms with Gasteiger partial charge in [-0.05, 0) is 70.0 Å². The third kappa shape index (κ3) is 10.2. The summed E-state index contributed by atoms with van der Waals surface area (Å²) in [5.74, 6) is -0.375. The van der Waals surface area contributed by atoms with Crippen LogP contribution in [0.5, 0.6) is 0 Å². The lowest BCUT2D eigenvalue weighted by Crippen LogP contribution is -2.59. The number of carbonyl (C=O) groups is 3. The fourth-order valence-corrected chi connectivity index (χ4v) is 5.68. The maximum Gasteiger partial charge on any atom is 0.410 e. The molecule has 0 aliphatic carbocycles. The number of benzene rings is 2. The summed E-state index contributed by atoms with van der Waals surface area (Å²) in [7, 11) is 0. The second kappa shape index (κ2) is 14.7. The van der Waals surface area contributed by atoms with Gasteiger partial charge >= 0.3 is 6.09 Å². The third-order valence-corrected chi connectivity index (χ3v) is 8.27. The van der Waals surface area contributed by atoms with E-state index in [-0.39, 0.29) is 53.0 Å². The number of nitrogens with zero attached hydrogens (tertiary/aromatic N) is 3. The van der Waals surface area contributed by atoms with Gasteiger partial charge in [-0.1, -0.05) is 65.8 Å². The summed E-state index contributed by atoms with van der Waals surface area (Å²) in [6.45, 7) is 23.0. The van der Waals surface area contributed by atoms with Crippen LogP contribution in [0.15, 0.2) is 48.5 Å². The van der Waals surface area contributed by atoms with Gasteiger partial charge in [-0.3, -0.25) is 14.5 Å². The van der Waals surface area contributed by atoms with Gasteiger partial charge < -0.3 is 19.9 Å². The summed E-state index contributed by atoms with van der Waals surface area (Å²) in [6.07, 6.45) is -0.425. The Morgan fingerprint density at radius 3 is 1.55 bits per heavy atom. The number of amides is 3. The van der Waals surface area contributed by atoms with E-state index in [1.54, 1.807) is 29.2 Å². The number of carbonyl (C=O) groups excluding carboxylic acids is 3. The zero-order valence-electron chi connectivity index (χ0n) is 30.0. The SMILES string of the molecule is C[C@@H]1CN(C(=O)OC(C)(C)C)[C@@H](c2ccc(F)cc2)CN1C(=O)C(C)(C)C.C[C@@H]1CN[C@@H](c2ccc(F)cc2)CN1C(=O)C(C)(C)C. The van der Waals surface area contributed by atoms with Crippen LogP contribution < -0.4 is 5.32 Å². The Labute approximate surface area is 279 Å². The maximum absolute atomic E-state index is 13.4. The Morgan fingerprint density at radius 1 is 0.660 bits per heavy atom. The van der Waals surface area contributed by atoms with Crippen molar-refractivity contribution in [1.82, 2.24) is 20.0 Å². The first-order chi connectivity index (χ1) is 21.6. The number of nitrogens with one attached hydrogen (secondary N) is 1. The largest absolute Gasteiger partial charge is 0.444 e. The van der Waals surface area contributed by atoms with Gasteiger partial charge in [-0.2, -0.15) is 0 Å². The molecule has 2 aromatic rings. The van der Waals surface area contributed by atoms with E-state index in [1.807, 2.05) is 79.0 Å². The monoisotopic (exact) mass is 656 g/mol. The summed E-state index contributed by atoms with van der Waals surface area (Å²) >= 11 is 0. The second-order valence-corrected chi connectivity index (χ2v) is 15.8. The molecule has 47 heavy (non-hydrogen) atoms. The maximum atomic E-state index is 13.4. The fraction of sp³-hybridized carbons (Fsp3) is 0.595. The molecular formula is C37H54F2N4O4. The van der Waals surface area contributed by atoms with E-state index in [1.165, 1.54) is 24.3 Å². The third-order valence-electron chi connectivity index (χ3n) is 8.27. The molecule has 0 saturated carbocycles. The molecule has 2 aliphatic heterocycles. The second-order valence-electron chi connectivity index (χ2n) is 15.8. The highest BCUT2D eigenvalue weighted by Crippen LogP contribution is 2.32. The van der Waals surface area contributed by atoms with Gasteiger partial charge in [-0.25, -0.2) is 13.6 Å². The smallest absolute Gasteiger partial charge is 0.410 e. The van der Waals surface area contributed by atoms with Crippen molar-refractivity contribution >= 4 is 17.9 Å². The first-order valence-corrected chi connectivity index (χ1v) is 16.4. The predicted octanol–water partition coefficient (Wildman–Crippen LogP) is 7.11. The van der Waals surface area contributed by atoms with Crippen LogP contribution in [-0.2, 0) is 14.3 Å². The molecule has 2 fully saturated rings. The molecule has 0 aromatic heterocycles. The highest BCUT2D eigenvalue weighted by atomic mass is 19.1. The van der Waals surface area contributed by atoms with Crippen LogP contribution in [0.1, 0.15) is 99.4 Å². The molecule has 4 rings (SSSR count). The lowest BCUT2D eigenvalue weighted by molar-refractivity contribution is -0.146. The van der Waals surface area contributed by atoms with Crippen LogP contribution in [0.3, 0.4) is 0 Å². The van der Waals surface area contributed by atoms with E-state index in [0.29, 0.717) is 19.6 Å². The van der Waals surface area contributed by atoms with Crippen molar-refractivity contribution in [2.45, 2.75) is 106 Å². The van der Waals surface area contributed by atoms with E-state index < -0.39 is 17.1 Å². The van der Waals surface area contributed by atoms with E-state index in [0.717, 1.165) is 17.7 Å². The lowest BCUT2D eigenvalue weighted by atomic mass is 9.91. The first kappa shape index (κ1) is 37.9. The Bertz CT molecular complexity index is 1380. The Morgan fingerprint density at radius 2 is 1.11 bits per heavy atom. The summed E-state index contributed by atoms with van der Waals surface area (Å²) in [5.41, 5.74) is 0.284. The van der Waals surface area contributed by atoms with Gasteiger partial charge in [0.25, 0.3) is 0 Å². The number of hydrogen-bond donors (Lipinski definition) is 1. The quantitative estimate of drug-likeness (QED) is 0.373. The highest BCUT2D eigenvalue weighted by molar-refractivity contribution is 5.83. The summed E-state index contributed by atoms with van der Waals surface area (Å²) in [6, 6.07) is 12.3. The molecule has 2 aliphatic rings. The zero-order chi connectivity index (χ0) is 35.5. The normalized spacial score (nSPS) is 22.3. The van der Waals surface area contributed by atoms with E-state index >= 15 is 0 Å². The molecule has 1 N–H and O–H groups in total. The molecule has 0 spiro atoms. The Kier molecular flexibility index (Phi) is 11.9.